The van der Waals surface area contributed by atoms with Crippen molar-refractivity contribution in [2.45, 2.75) is 59.9 Å². The minimum Gasteiger partial charge on any atom is -0.379 e. The number of nitrogens with one attached hydrogen (secondary N) is 2. The van der Waals surface area contributed by atoms with Gasteiger partial charge in [-0.05, 0) is 27.2 Å². The molecular formula is C18H36N2O4. The highest BCUT2D eigenvalue weighted by Gasteiger charge is 2.20. The topological polar surface area (TPSA) is 76.7 Å². The van der Waals surface area contributed by atoms with E-state index in [1.165, 1.54) is 0 Å². The summed E-state index contributed by atoms with van der Waals surface area (Å²) in [6, 6.07) is 0. The zero-order valence-corrected chi connectivity index (χ0v) is 16.3. The van der Waals surface area contributed by atoms with E-state index in [1.54, 1.807) is 0 Å². The van der Waals surface area contributed by atoms with Crippen molar-refractivity contribution in [1.29, 1.82) is 0 Å². The van der Waals surface area contributed by atoms with Gasteiger partial charge >= 0.3 is 0 Å². The molecule has 0 unspecified atom stereocenters. The second-order valence-corrected chi connectivity index (χ2v) is 7.97. The highest BCUT2D eigenvalue weighted by molar-refractivity contribution is 5.84. The third kappa shape index (κ3) is 14.6. The van der Waals surface area contributed by atoms with Crippen LogP contribution < -0.4 is 10.6 Å². The molecule has 0 bridgehead atoms. The zero-order chi connectivity index (χ0) is 18.6. The van der Waals surface area contributed by atoms with Crippen molar-refractivity contribution < 1.29 is 19.1 Å². The molecule has 0 fully saturated rings. The summed E-state index contributed by atoms with van der Waals surface area (Å²) in [5.74, 6) is 0.126. The van der Waals surface area contributed by atoms with Gasteiger partial charge in [-0.1, -0.05) is 20.8 Å². The van der Waals surface area contributed by atoms with E-state index in [2.05, 4.69) is 31.4 Å². The van der Waals surface area contributed by atoms with E-state index < -0.39 is 0 Å². The lowest BCUT2D eigenvalue weighted by Crippen LogP contribution is -2.41. The predicted octanol–water partition coefficient (Wildman–Crippen LogP) is 1.92. The molecule has 0 radical (unpaired) electrons. The fourth-order valence-electron chi connectivity index (χ4n) is 1.66. The lowest BCUT2D eigenvalue weighted by molar-refractivity contribution is -0.131. The third-order valence-electron chi connectivity index (χ3n) is 3.24. The van der Waals surface area contributed by atoms with Crippen molar-refractivity contribution in [2.75, 3.05) is 39.5 Å². The molecule has 0 aliphatic carbocycles. The molecule has 0 rings (SSSR count). The molecule has 0 aliphatic heterocycles. The molecule has 24 heavy (non-hydrogen) atoms. The first-order valence-corrected chi connectivity index (χ1v) is 8.73. The molecule has 6 nitrogen and oxygen atoms in total. The number of Topliss-reactive ketones (excluding diaryl/α,β-unsaturated/α-hetero) is 1. The van der Waals surface area contributed by atoms with E-state index >= 15 is 0 Å². The van der Waals surface area contributed by atoms with Gasteiger partial charge in [0, 0.05) is 37.1 Å². The molecule has 6 heteroatoms. The Morgan fingerprint density at radius 3 is 2.08 bits per heavy atom. The first-order chi connectivity index (χ1) is 11.0. The Labute approximate surface area is 147 Å². The van der Waals surface area contributed by atoms with Gasteiger partial charge < -0.3 is 20.1 Å². The molecule has 0 aromatic rings. The van der Waals surface area contributed by atoms with Crippen LogP contribution in [0.3, 0.4) is 0 Å². The van der Waals surface area contributed by atoms with Crippen LogP contribution in [0, 0.1) is 5.41 Å². The van der Waals surface area contributed by atoms with E-state index in [4.69, 9.17) is 9.47 Å². The van der Waals surface area contributed by atoms with Crippen LogP contribution in [0.25, 0.3) is 0 Å². The fraction of sp³-hybridized carbons (Fsp3) is 0.889. The molecular weight excluding hydrogens is 308 g/mol. The Kier molecular flexibility index (Phi) is 11.1. The van der Waals surface area contributed by atoms with Gasteiger partial charge in [0.15, 0.2) is 5.78 Å². The molecule has 1 amide bonds. The molecule has 0 aliphatic rings. The maximum absolute atomic E-state index is 11.6. The lowest BCUT2D eigenvalue weighted by atomic mass is 9.91. The van der Waals surface area contributed by atoms with Crippen LogP contribution in [-0.4, -0.2) is 56.7 Å². The molecule has 142 valence electrons. The summed E-state index contributed by atoms with van der Waals surface area (Å²) in [7, 11) is 0. The molecule has 0 saturated carbocycles. The number of hydrogen-bond acceptors (Lipinski definition) is 5. The number of amides is 1. The molecule has 0 spiro atoms. The summed E-state index contributed by atoms with van der Waals surface area (Å²) in [6.45, 7) is 14.8. The molecule has 2 N–H and O–H groups in total. The van der Waals surface area contributed by atoms with Gasteiger partial charge in [0.25, 0.3) is 0 Å². The Hall–Kier alpha value is -0.980. The van der Waals surface area contributed by atoms with Crippen LogP contribution in [0.5, 0.6) is 0 Å². The fourth-order valence-corrected chi connectivity index (χ4v) is 1.66. The zero-order valence-electron chi connectivity index (χ0n) is 16.3. The monoisotopic (exact) mass is 344 g/mol. The maximum Gasteiger partial charge on any atom is 0.220 e. The summed E-state index contributed by atoms with van der Waals surface area (Å²) >= 11 is 0. The summed E-state index contributed by atoms with van der Waals surface area (Å²) < 4.78 is 10.7. The Balaban J connectivity index is 3.41. The smallest absolute Gasteiger partial charge is 0.220 e. The van der Waals surface area contributed by atoms with Gasteiger partial charge in [-0.3, -0.25) is 9.59 Å². The first-order valence-electron chi connectivity index (χ1n) is 8.73. The Bertz CT molecular complexity index is 370. The van der Waals surface area contributed by atoms with E-state index in [1.807, 2.05) is 20.8 Å². The third-order valence-corrected chi connectivity index (χ3v) is 3.24. The molecule has 0 atom stereocenters. The number of carbonyl (C=O) groups is 2. The van der Waals surface area contributed by atoms with Crippen molar-refractivity contribution in [2.24, 2.45) is 5.41 Å². The van der Waals surface area contributed by atoms with Crippen molar-refractivity contribution >= 4 is 11.7 Å². The second kappa shape index (κ2) is 11.6. The van der Waals surface area contributed by atoms with Gasteiger partial charge in [0.05, 0.1) is 13.2 Å². The standard InChI is InChI=1S/C18H36N2O4/c1-17(2,3)15(21)14-24-13-12-23-11-7-8-16(22)19-9-10-20-18(4,5)6/h20H,7-14H2,1-6H3,(H,19,22). The average molecular weight is 344 g/mol. The largest absolute Gasteiger partial charge is 0.379 e. The normalized spacial score (nSPS) is 12.2. The van der Waals surface area contributed by atoms with Gasteiger partial charge in [-0.2, -0.15) is 0 Å². The molecule has 0 heterocycles. The quantitative estimate of drug-likeness (QED) is 0.529. The number of rotatable bonds is 12. The van der Waals surface area contributed by atoms with Gasteiger partial charge in [-0.15, -0.1) is 0 Å². The maximum atomic E-state index is 11.6. The second-order valence-electron chi connectivity index (χ2n) is 7.97. The summed E-state index contributed by atoms with van der Waals surface area (Å²) in [6.07, 6.45) is 1.14. The molecule has 0 aromatic carbocycles. The molecule has 0 saturated heterocycles. The minimum atomic E-state index is -0.364. The average Bonchev–Trinajstić information content (AvgIpc) is 2.44. The summed E-state index contributed by atoms with van der Waals surface area (Å²) in [5.41, 5.74) is -0.297. The first kappa shape index (κ1) is 23.0. The van der Waals surface area contributed by atoms with E-state index in [0.717, 1.165) is 6.54 Å². The highest BCUT2D eigenvalue weighted by Crippen LogP contribution is 2.14. The van der Waals surface area contributed by atoms with Crippen molar-refractivity contribution in [3.05, 3.63) is 0 Å². The number of carbonyl (C=O) groups excluding carboxylic acids is 2. The van der Waals surface area contributed by atoms with E-state index in [0.29, 0.717) is 39.2 Å². The SMILES string of the molecule is CC(C)(C)NCCNC(=O)CCCOCCOCC(=O)C(C)(C)C. The van der Waals surface area contributed by atoms with Crippen molar-refractivity contribution in [3.63, 3.8) is 0 Å². The predicted molar refractivity (Wildman–Crippen MR) is 96.1 cm³/mol. The molecule has 0 aromatic heterocycles. The van der Waals surface area contributed by atoms with Gasteiger partial charge in [-0.25, -0.2) is 0 Å². The van der Waals surface area contributed by atoms with Crippen LogP contribution in [0.15, 0.2) is 0 Å². The van der Waals surface area contributed by atoms with Crippen LogP contribution >= 0.6 is 0 Å². The minimum absolute atomic E-state index is 0.0429. The Morgan fingerprint density at radius 2 is 1.50 bits per heavy atom. The van der Waals surface area contributed by atoms with Gasteiger partial charge in [0.1, 0.15) is 6.61 Å². The van der Waals surface area contributed by atoms with Crippen LogP contribution in [0.2, 0.25) is 0 Å². The highest BCUT2D eigenvalue weighted by atomic mass is 16.5. The van der Waals surface area contributed by atoms with Crippen LogP contribution in [0.4, 0.5) is 0 Å². The number of hydrogen-bond donors (Lipinski definition) is 2. The van der Waals surface area contributed by atoms with Crippen molar-refractivity contribution in [3.8, 4) is 0 Å². The van der Waals surface area contributed by atoms with Crippen LogP contribution in [-0.2, 0) is 19.1 Å². The van der Waals surface area contributed by atoms with Gasteiger partial charge in [0.2, 0.25) is 5.91 Å². The van der Waals surface area contributed by atoms with E-state index in [9.17, 15) is 9.59 Å². The van der Waals surface area contributed by atoms with Crippen molar-refractivity contribution in [1.82, 2.24) is 10.6 Å². The Morgan fingerprint density at radius 1 is 0.875 bits per heavy atom. The van der Waals surface area contributed by atoms with E-state index in [-0.39, 0.29) is 29.3 Å². The number of ketones is 1. The summed E-state index contributed by atoms with van der Waals surface area (Å²) in [4.78, 5) is 23.2. The number of ether oxygens (including phenoxy) is 2. The van der Waals surface area contributed by atoms with Crippen LogP contribution in [0.1, 0.15) is 54.4 Å². The lowest BCUT2D eigenvalue weighted by Gasteiger charge is -2.20. The summed E-state index contributed by atoms with van der Waals surface area (Å²) in [5, 5.41) is 6.19.